The summed E-state index contributed by atoms with van der Waals surface area (Å²) in [4.78, 5) is 0. The maximum atomic E-state index is 8.54. The first kappa shape index (κ1) is 10.4. The normalized spacial score (nSPS) is 12.2. The van der Waals surface area contributed by atoms with Gasteiger partial charge in [0.15, 0.2) is 0 Å². The topological polar surface area (TPSA) is 23.8 Å². The van der Waals surface area contributed by atoms with Crippen LogP contribution in [-0.4, -0.2) is 5.38 Å². The van der Waals surface area contributed by atoms with E-state index in [1.165, 1.54) is 0 Å². The Labute approximate surface area is 87.9 Å². The quantitative estimate of drug-likeness (QED) is 0.692. The molecule has 0 aliphatic rings. The van der Waals surface area contributed by atoms with E-state index in [1.807, 2.05) is 31.2 Å². The van der Waals surface area contributed by atoms with Crippen molar-refractivity contribution in [3.05, 3.63) is 34.3 Å². The van der Waals surface area contributed by atoms with Gasteiger partial charge in [-0.25, -0.2) is 0 Å². The van der Waals surface area contributed by atoms with Gasteiger partial charge in [0.2, 0.25) is 0 Å². The summed E-state index contributed by atoms with van der Waals surface area (Å²) >= 11 is 11.5. The van der Waals surface area contributed by atoms with Crippen molar-refractivity contribution in [2.45, 2.75) is 18.7 Å². The predicted molar refractivity (Wildman–Crippen MR) is 55.1 cm³/mol. The van der Waals surface area contributed by atoms with Crippen LogP contribution in [0.1, 0.15) is 11.1 Å². The van der Waals surface area contributed by atoms with Gasteiger partial charge in [0, 0.05) is 11.4 Å². The Morgan fingerprint density at radius 3 is 2.85 bits per heavy atom. The minimum atomic E-state index is -0.475. The van der Waals surface area contributed by atoms with Gasteiger partial charge in [-0.3, -0.25) is 0 Å². The lowest BCUT2D eigenvalue weighted by atomic mass is 10.0. The van der Waals surface area contributed by atoms with Crippen LogP contribution in [0.5, 0.6) is 0 Å². The third kappa shape index (κ3) is 2.91. The Balaban J connectivity index is 2.88. The molecule has 1 rings (SSSR count). The van der Waals surface area contributed by atoms with Crippen LogP contribution in [0.15, 0.2) is 18.2 Å². The van der Waals surface area contributed by atoms with E-state index in [9.17, 15) is 0 Å². The highest BCUT2D eigenvalue weighted by molar-refractivity contribution is 6.30. The third-order valence-electron chi connectivity index (χ3n) is 1.85. The molecule has 1 aromatic carbocycles. The molecule has 0 saturated carbocycles. The zero-order valence-electron chi connectivity index (χ0n) is 7.22. The monoisotopic (exact) mass is 213 g/mol. The summed E-state index contributed by atoms with van der Waals surface area (Å²) in [6.07, 6.45) is 0.546. The van der Waals surface area contributed by atoms with Crippen molar-refractivity contribution in [2.75, 3.05) is 0 Å². The van der Waals surface area contributed by atoms with Gasteiger partial charge in [0.25, 0.3) is 0 Å². The second-order valence-electron chi connectivity index (χ2n) is 2.87. The van der Waals surface area contributed by atoms with E-state index >= 15 is 0 Å². The van der Waals surface area contributed by atoms with Crippen molar-refractivity contribution in [1.29, 1.82) is 5.26 Å². The van der Waals surface area contributed by atoms with Gasteiger partial charge < -0.3 is 0 Å². The number of rotatable bonds is 2. The highest BCUT2D eigenvalue weighted by Crippen LogP contribution is 2.18. The number of nitriles is 1. The van der Waals surface area contributed by atoms with E-state index in [-0.39, 0.29) is 0 Å². The van der Waals surface area contributed by atoms with E-state index in [4.69, 9.17) is 28.5 Å². The molecule has 0 saturated heterocycles. The third-order valence-corrected chi connectivity index (χ3v) is 2.34. The molecule has 3 heteroatoms. The van der Waals surface area contributed by atoms with Crippen LogP contribution in [0.2, 0.25) is 5.02 Å². The molecule has 68 valence electrons. The number of halogens is 2. The number of benzene rings is 1. The van der Waals surface area contributed by atoms with E-state index in [1.54, 1.807) is 0 Å². The summed E-state index contributed by atoms with van der Waals surface area (Å²) in [5.41, 5.74) is 2.15. The molecular weight excluding hydrogens is 205 g/mol. The van der Waals surface area contributed by atoms with Gasteiger partial charge in [0.1, 0.15) is 5.38 Å². The molecule has 0 N–H and O–H groups in total. The molecule has 0 heterocycles. The minimum Gasteiger partial charge on any atom is -0.197 e. The summed E-state index contributed by atoms with van der Waals surface area (Å²) in [5, 5.41) is 8.75. The van der Waals surface area contributed by atoms with Crippen molar-refractivity contribution in [1.82, 2.24) is 0 Å². The largest absolute Gasteiger partial charge is 0.197 e. The van der Waals surface area contributed by atoms with Crippen LogP contribution in [0.4, 0.5) is 0 Å². The maximum Gasteiger partial charge on any atom is 0.124 e. The van der Waals surface area contributed by atoms with Crippen molar-refractivity contribution in [3.8, 4) is 6.07 Å². The first-order valence-corrected chi connectivity index (χ1v) is 4.73. The van der Waals surface area contributed by atoms with Gasteiger partial charge in [0.05, 0.1) is 6.07 Å². The zero-order chi connectivity index (χ0) is 9.84. The lowest BCUT2D eigenvalue weighted by molar-refractivity contribution is 1.00. The SMILES string of the molecule is Cc1ccc(Cl)cc1CC(Cl)C#N. The first-order chi connectivity index (χ1) is 6.13. The molecule has 0 fully saturated rings. The van der Waals surface area contributed by atoms with Gasteiger partial charge in [-0.1, -0.05) is 17.7 Å². The smallest absolute Gasteiger partial charge is 0.124 e. The summed E-state index contributed by atoms with van der Waals surface area (Å²) < 4.78 is 0. The van der Waals surface area contributed by atoms with Crippen molar-refractivity contribution in [3.63, 3.8) is 0 Å². The maximum absolute atomic E-state index is 8.54. The second-order valence-corrected chi connectivity index (χ2v) is 3.83. The first-order valence-electron chi connectivity index (χ1n) is 3.92. The molecule has 1 aromatic rings. The van der Waals surface area contributed by atoms with E-state index < -0.39 is 5.38 Å². The van der Waals surface area contributed by atoms with Crippen molar-refractivity contribution < 1.29 is 0 Å². The van der Waals surface area contributed by atoms with Crippen LogP contribution in [-0.2, 0) is 6.42 Å². The zero-order valence-corrected chi connectivity index (χ0v) is 8.73. The molecule has 0 aromatic heterocycles. The fourth-order valence-corrected chi connectivity index (χ4v) is 1.46. The minimum absolute atomic E-state index is 0.475. The van der Waals surface area contributed by atoms with Crippen LogP contribution >= 0.6 is 23.2 Å². The van der Waals surface area contributed by atoms with Crippen LogP contribution in [0.25, 0.3) is 0 Å². The molecule has 1 atom stereocenters. The van der Waals surface area contributed by atoms with Crippen LogP contribution in [0.3, 0.4) is 0 Å². The highest BCUT2D eigenvalue weighted by atomic mass is 35.5. The van der Waals surface area contributed by atoms with Gasteiger partial charge in [-0.05, 0) is 30.2 Å². The lowest BCUT2D eigenvalue weighted by Crippen LogP contribution is -2.01. The molecular formula is C10H9Cl2N. The summed E-state index contributed by atoms with van der Waals surface area (Å²) in [7, 11) is 0. The van der Waals surface area contributed by atoms with Gasteiger partial charge in [-0.2, -0.15) is 5.26 Å². The Bertz CT molecular complexity index is 341. The Kier molecular flexibility index (Phi) is 3.59. The molecule has 0 aliphatic heterocycles. The second kappa shape index (κ2) is 4.50. The predicted octanol–water partition coefficient (Wildman–Crippen LogP) is 3.32. The van der Waals surface area contributed by atoms with Crippen molar-refractivity contribution in [2.24, 2.45) is 0 Å². The summed E-state index contributed by atoms with van der Waals surface area (Å²) in [6.45, 7) is 1.98. The molecule has 0 aliphatic carbocycles. The van der Waals surface area contributed by atoms with E-state index in [0.717, 1.165) is 11.1 Å². The molecule has 0 bridgehead atoms. The van der Waals surface area contributed by atoms with Crippen LogP contribution < -0.4 is 0 Å². The molecule has 1 nitrogen and oxygen atoms in total. The van der Waals surface area contributed by atoms with Gasteiger partial charge >= 0.3 is 0 Å². The standard InChI is InChI=1S/C10H9Cl2N/c1-7-2-3-9(11)4-8(7)5-10(12)6-13/h2-4,10H,5H2,1H3. The molecule has 0 radical (unpaired) electrons. The average molecular weight is 214 g/mol. The molecule has 13 heavy (non-hydrogen) atoms. The Hall–Kier alpha value is -0.710. The Morgan fingerprint density at radius 1 is 1.54 bits per heavy atom. The number of hydrogen-bond acceptors (Lipinski definition) is 1. The molecule has 0 spiro atoms. The van der Waals surface area contributed by atoms with E-state index in [0.29, 0.717) is 11.4 Å². The highest BCUT2D eigenvalue weighted by Gasteiger charge is 2.06. The van der Waals surface area contributed by atoms with Crippen LogP contribution in [0, 0.1) is 18.3 Å². The number of hydrogen-bond donors (Lipinski definition) is 0. The fourth-order valence-electron chi connectivity index (χ4n) is 1.10. The fraction of sp³-hybridized carbons (Fsp3) is 0.300. The Morgan fingerprint density at radius 2 is 2.23 bits per heavy atom. The van der Waals surface area contributed by atoms with Crippen molar-refractivity contribution >= 4 is 23.2 Å². The van der Waals surface area contributed by atoms with E-state index in [2.05, 4.69) is 0 Å². The van der Waals surface area contributed by atoms with Gasteiger partial charge in [-0.15, -0.1) is 11.6 Å². The number of alkyl halides is 1. The number of aryl methyl sites for hydroxylation is 1. The molecule has 0 amide bonds. The average Bonchev–Trinajstić information content (AvgIpc) is 2.11. The summed E-state index contributed by atoms with van der Waals surface area (Å²) in [6, 6.07) is 7.59. The molecule has 1 unspecified atom stereocenters. The number of nitrogens with zero attached hydrogens (tertiary/aromatic N) is 1. The summed E-state index contributed by atoms with van der Waals surface area (Å²) in [5.74, 6) is 0. The lowest BCUT2D eigenvalue weighted by Gasteiger charge is -2.05.